The van der Waals surface area contributed by atoms with Gasteiger partial charge in [-0.1, -0.05) is 20.8 Å². The van der Waals surface area contributed by atoms with E-state index in [1.165, 1.54) is 40.5 Å². The topological polar surface area (TPSA) is 169 Å². The second-order valence-electron chi connectivity index (χ2n) is 9.71. The Morgan fingerprint density at radius 1 is 1.25 bits per heavy atom. The zero-order valence-corrected chi connectivity index (χ0v) is 22.6. The van der Waals surface area contributed by atoms with E-state index in [9.17, 15) is 28.5 Å². The third-order valence-corrected chi connectivity index (χ3v) is 8.12. The van der Waals surface area contributed by atoms with Crippen molar-refractivity contribution in [2.45, 2.75) is 33.7 Å². The van der Waals surface area contributed by atoms with Crippen LogP contribution >= 0.6 is 29.6 Å². The number of fused-ring (bicyclic) bond motifs is 1. The standard InChI is InChI=1S/C22H28N5O6PS2/c1-22(2,3)8-9-27-21(29)17(19(28)18(24-27)13-7-10-35-12-13)20-23-15-6-5-14(26-36(4,32)33)11-16(15)34(30,31)25-20/h5-7,10-12,26,28,32-33H,8-9H2,1-4H3,(H2,23,25,30,31). The molecule has 194 valence electrons. The third-order valence-electron chi connectivity index (χ3n) is 5.35. The van der Waals surface area contributed by atoms with Crippen molar-refractivity contribution in [3.63, 3.8) is 0 Å². The molecule has 1 aliphatic rings. The van der Waals surface area contributed by atoms with Crippen LogP contribution in [0.25, 0.3) is 11.3 Å². The van der Waals surface area contributed by atoms with Gasteiger partial charge in [0.05, 0.1) is 16.7 Å². The first-order valence-electron chi connectivity index (χ1n) is 10.9. The van der Waals surface area contributed by atoms with Crippen LogP contribution in [0, 0.1) is 5.41 Å². The minimum absolute atomic E-state index is 0.0837. The molecule has 6 N–H and O–H groups in total. The summed E-state index contributed by atoms with van der Waals surface area (Å²) in [6, 6.07) is 5.98. The quantitative estimate of drug-likeness (QED) is 0.241. The number of hydrogen-bond acceptors (Lipinski definition) is 9. The maximum absolute atomic E-state index is 13.4. The highest BCUT2D eigenvalue weighted by molar-refractivity contribution is 8.24. The second kappa shape index (κ2) is 9.33. The molecule has 0 saturated heterocycles. The lowest BCUT2D eigenvalue weighted by molar-refractivity contribution is 0.335. The van der Waals surface area contributed by atoms with Gasteiger partial charge in [-0.05, 0) is 41.5 Å². The Labute approximate surface area is 213 Å². The van der Waals surface area contributed by atoms with E-state index < -0.39 is 29.6 Å². The van der Waals surface area contributed by atoms with Crippen LogP contribution in [0.1, 0.15) is 32.8 Å². The molecule has 1 atom stereocenters. The molecular formula is C22H28N5O6PS2. The number of aromatic hydroxyl groups is 1. The molecule has 36 heavy (non-hydrogen) atoms. The number of nitrogens with one attached hydrogen (secondary N) is 2. The van der Waals surface area contributed by atoms with Crippen LogP contribution in [0.15, 0.2) is 44.6 Å². The third kappa shape index (κ3) is 5.66. The van der Waals surface area contributed by atoms with E-state index in [1.807, 2.05) is 26.2 Å². The van der Waals surface area contributed by atoms with Crippen molar-refractivity contribution in [1.82, 2.24) is 9.78 Å². The zero-order chi connectivity index (χ0) is 26.5. The average Bonchev–Trinajstić information content (AvgIpc) is 3.26. The maximum atomic E-state index is 13.4. The highest BCUT2D eigenvalue weighted by atomic mass is 32.3. The van der Waals surface area contributed by atoms with E-state index in [0.717, 1.165) is 0 Å². The van der Waals surface area contributed by atoms with Gasteiger partial charge in [-0.25, -0.2) is 4.68 Å². The lowest BCUT2D eigenvalue weighted by atomic mass is 9.92. The summed E-state index contributed by atoms with van der Waals surface area (Å²) in [5, 5.41) is 21.9. The minimum Gasteiger partial charge on any atom is -0.505 e. The fourth-order valence-corrected chi connectivity index (χ4v) is 6.08. The molecule has 0 radical (unpaired) electrons. The summed E-state index contributed by atoms with van der Waals surface area (Å²) in [4.78, 5) is 24.2. The van der Waals surface area contributed by atoms with E-state index in [4.69, 9.17) is 0 Å². The van der Waals surface area contributed by atoms with Gasteiger partial charge in [0.2, 0.25) is 0 Å². The Bertz CT molecular complexity index is 1440. The molecule has 3 heterocycles. The molecule has 1 aromatic carbocycles. The smallest absolute Gasteiger partial charge is 0.346 e. The maximum Gasteiger partial charge on any atom is 0.346 e. The van der Waals surface area contributed by atoms with Crippen molar-refractivity contribution in [2.75, 3.05) is 16.3 Å². The molecule has 0 bridgehead atoms. The fourth-order valence-electron chi connectivity index (χ4n) is 3.58. The molecule has 0 aliphatic carbocycles. The Morgan fingerprint density at radius 3 is 2.58 bits per heavy atom. The van der Waals surface area contributed by atoms with Gasteiger partial charge >= 0.3 is 7.52 Å². The first-order valence-corrected chi connectivity index (χ1v) is 15.4. The summed E-state index contributed by atoms with van der Waals surface area (Å²) in [6.07, 6.45) is 1.81. The number of amidine groups is 1. The zero-order valence-electron chi connectivity index (χ0n) is 20.1. The van der Waals surface area contributed by atoms with Crippen molar-refractivity contribution in [3.05, 3.63) is 50.9 Å². The van der Waals surface area contributed by atoms with Gasteiger partial charge in [0, 0.05) is 23.7 Å². The van der Waals surface area contributed by atoms with Crippen LogP contribution in [-0.2, 0) is 11.1 Å². The van der Waals surface area contributed by atoms with E-state index in [-0.39, 0.29) is 45.7 Å². The Kier molecular flexibility index (Phi) is 6.84. The molecule has 11 nitrogen and oxygen atoms in total. The lowest BCUT2D eigenvalue weighted by Gasteiger charge is -2.30. The summed E-state index contributed by atoms with van der Waals surface area (Å²) in [7, 11) is -7.52. The first kappa shape index (κ1) is 26.4. The van der Waals surface area contributed by atoms with Gasteiger partial charge in [-0.3, -0.25) is 23.2 Å². The van der Waals surface area contributed by atoms with Gasteiger partial charge in [-0.2, -0.15) is 21.2 Å². The largest absolute Gasteiger partial charge is 0.505 e. The van der Waals surface area contributed by atoms with Gasteiger partial charge in [0.25, 0.3) is 5.56 Å². The van der Waals surface area contributed by atoms with Gasteiger partial charge < -0.3 is 15.3 Å². The van der Waals surface area contributed by atoms with E-state index >= 15 is 0 Å². The molecule has 3 aromatic rings. The highest BCUT2D eigenvalue weighted by Gasteiger charge is 2.34. The van der Waals surface area contributed by atoms with E-state index in [0.29, 0.717) is 12.0 Å². The Hall–Kier alpha value is -2.67. The summed E-state index contributed by atoms with van der Waals surface area (Å²) in [5.41, 5.74) is 0.167. The molecule has 4 rings (SSSR count). The van der Waals surface area contributed by atoms with Crippen LogP contribution in [0.4, 0.5) is 11.4 Å². The molecule has 0 fully saturated rings. The second-order valence-corrected chi connectivity index (χ2v) is 14.1. The van der Waals surface area contributed by atoms with Gasteiger partial charge in [-0.15, -0.1) is 10.8 Å². The van der Waals surface area contributed by atoms with Crippen molar-refractivity contribution in [2.24, 2.45) is 10.2 Å². The summed E-state index contributed by atoms with van der Waals surface area (Å²) >= 11 is 1.40. The summed E-state index contributed by atoms with van der Waals surface area (Å²) in [5.74, 6) is -0.696. The predicted octanol–water partition coefficient (Wildman–Crippen LogP) is 4.50. The van der Waals surface area contributed by atoms with Crippen molar-refractivity contribution >= 4 is 52.1 Å². The Morgan fingerprint density at radius 2 is 1.97 bits per heavy atom. The molecule has 14 heteroatoms. The van der Waals surface area contributed by atoms with Crippen LogP contribution < -0.4 is 20.9 Å². The lowest BCUT2D eigenvalue weighted by Crippen LogP contribution is -2.35. The van der Waals surface area contributed by atoms with E-state index in [1.54, 1.807) is 11.4 Å². The van der Waals surface area contributed by atoms with Gasteiger partial charge in [0.15, 0.2) is 11.6 Å². The molecule has 0 saturated carbocycles. The number of rotatable bonds is 6. The molecular weight excluding hydrogens is 525 g/mol. The normalized spacial score (nSPS) is 18.2. The number of aromatic nitrogens is 2. The molecule has 0 amide bonds. The van der Waals surface area contributed by atoms with E-state index in [2.05, 4.69) is 19.9 Å². The first-order chi connectivity index (χ1) is 16.6. The number of anilines is 2. The highest BCUT2D eigenvalue weighted by Crippen LogP contribution is 2.48. The van der Waals surface area contributed by atoms with Crippen molar-refractivity contribution in [1.29, 1.82) is 0 Å². The number of hydrogen-bond donors (Lipinski definition) is 6. The van der Waals surface area contributed by atoms with Crippen LogP contribution in [-0.4, -0.2) is 41.0 Å². The molecule has 2 aromatic heterocycles. The number of nitrogens with zero attached hydrogens (tertiary/aromatic N) is 3. The van der Waals surface area contributed by atoms with Crippen molar-refractivity contribution < 1.29 is 23.7 Å². The van der Waals surface area contributed by atoms with Crippen LogP contribution in [0.3, 0.4) is 0 Å². The monoisotopic (exact) mass is 553 g/mol. The van der Waals surface area contributed by atoms with Crippen LogP contribution in [0.5, 0.6) is 5.75 Å². The number of thiophene rings is 1. The number of aryl methyl sites for hydroxylation is 1. The molecule has 1 aliphatic heterocycles. The van der Waals surface area contributed by atoms with Crippen LogP contribution in [0.2, 0.25) is 0 Å². The summed E-state index contributed by atoms with van der Waals surface area (Å²) in [6.45, 7) is 6.37. The fraction of sp³-hybridized carbons (Fsp3) is 0.318. The average molecular weight is 554 g/mol. The Balaban J connectivity index is 1.84. The predicted molar refractivity (Wildman–Crippen MR) is 146 cm³/mol. The number of benzene rings is 1. The van der Waals surface area contributed by atoms with Gasteiger partial charge in [0.1, 0.15) is 11.3 Å². The molecule has 1 unspecified atom stereocenters. The summed E-state index contributed by atoms with van der Waals surface area (Å²) < 4.78 is 40.2. The molecule has 0 spiro atoms. The minimum atomic E-state index is -4.41. The SMILES string of the molecule is CC(C)(C)CCn1nc(-c2ccsc2)c(O)c(C2=NP(=O)(O)c3cc(NS(C)(O)O)ccc3N2)c1=O. The van der Waals surface area contributed by atoms with Crippen molar-refractivity contribution in [3.8, 4) is 17.0 Å².